The first-order chi connectivity index (χ1) is 12.3. The number of fused-ring (bicyclic) bond motifs is 3. The maximum atomic E-state index is 8.62. The highest BCUT2D eigenvalue weighted by atomic mass is 15.1. The summed E-state index contributed by atoms with van der Waals surface area (Å²) in [6.45, 7) is 0.609. The maximum absolute atomic E-state index is 8.62. The van der Waals surface area contributed by atoms with Gasteiger partial charge in [-0.05, 0) is 25.3 Å². The summed E-state index contributed by atoms with van der Waals surface area (Å²) in [5.74, 6) is 1.48. The summed E-state index contributed by atoms with van der Waals surface area (Å²) < 4.78 is 2.11. The Hall–Kier alpha value is -3.14. The van der Waals surface area contributed by atoms with E-state index in [1.807, 2.05) is 12.3 Å². The number of unbranched alkanes of at least 4 members (excludes halogenated alkanes) is 1. The molecule has 0 unspecified atom stereocenters. The van der Waals surface area contributed by atoms with Crippen molar-refractivity contribution < 1.29 is 0 Å². The summed E-state index contributed by atoms with van der Waals surface area (Å²) >= 11 is 0. The number of H-pyrrole nitrogens is 1. The van der Waals surface area contributed by atoms with Crippen LogP contribution in [0.2, 0.25) is 0 Å². The molecule has 0 aromatic carbocycles. The second-order valence-corrected chi connectivity index (χ2v) is 6.20. The molecule has 0 radical (unpaired) electrons. The number of pyridine rings is 1. The number of nitrogens with one attached hydrogen (secondary N) is 1. The Morgan fingerprint density at radius 3 is 3.16 bits per heavy atom. The number of imidazole rings is 1. The van der Waals surface area contributed by atoms with Gasteiger partial charge in [-0.15, -0.1) is 0 Å². The van der Waals surface area contributed by atoms with Gasteiger partial charge in [0.05, 0.1) is 23.5 Å². The minimum Gasteiger partial charge on any atom is -0.403 e. The van der Waals surface area contributed by atoms with Crippen molar-refractivity contribution in [3.63, 3.8) is 0 Å². The number of nitrogens with two attached hydrogens (primary N) is 1. The molecule has 3 N–H and O–H groups in total. The van der Waals surface area contributed by atoms with Gasteiger partial charge in [-0.2, -0.15) is 5.26 Å². The van der Waals surface area contributed by atoms with Gasteiger partial charge in [0.1, 0.15) is 17.0 Å². The minimum atomic E-state index is 0.461. The zero-order valence-electron chi connectivity index (χ0n) is 13.8. The van der Waals surface area contributed by atoms with Crippen molar-refractivity contribution in [2.75, 3.05) is 6.54 Å². The van der Waals surface area contributed by atoms with Crippen molar-refractivity contribution in [1.29, 1.82) is 5.26 Å². The first-order valence-corrected chi connectivity index (χ1v) is 8.47. The molecule has 0 bridgehead atoms. The molecule has 3 aromatic rings. The molecule has 1 aliphatic rings. The van der Waals surface area contributed by atoms with Crippen molar-refractivity contribution in [2.24, 2.45) is 10.7 Å². The molecule has 3 heterocycles. The van der Waals surface area contributed by atoms with Gasteiger partial charge in [-0.1, -0.05) is 0 Å². The lowest BCUT2D eigenvalue weighted by Gasteiger charge is -2.09. The molecule has 126 valence electrons. The molecule has 0 spiro atoms. The number of aromatic nitrogens is 4. The summed E-state index contributed by atoms with van der Waals surface area (Å²) in [5.41, 5.74) is 9.43. The topological polar surface area (TPSA) is 109 Å². The fourth-order valence-electron chi connectivity index (χ4n) is 3.05. The molecular weight excluding hydrogens is 314 g/mol. The molecule has 3 aromatic heterocycles. The quantitative estimate of drug-likeness (QED) is 0.534. The zero-order valence-corrected chi connectivity index (χ0v) is 13.8. The van der Waals surface area contributed by atoms with E-state index in [9.17, 15) is 0 Å². The average Bonchev–Trinajstić information content (AvgIpc) is 3.23. The molecule has 7 heteroatoms. The van der Waals surface area contributed by atoms with Crippen LogP contribution in [0.4, 0.5) is 0 Å². The Balaban J connectivity index is 1.82. The van der Waals surface area contributed by atoms with Gasteiger partial charge in [-0.25, -0.2) is 9.97 Å². The van der Waals surface area contributed by atoms with Crippen molar-refractivity contribution in [3.8, 4) is 6.07 Å². The van der Waals surface area contributed by atoms with Crippen LogP contribution in [0.1, 0.15) is 37.4 Å². The molecule has 1 aliphatic carbocycles. The van der Waals surface area contributed by atoms with E-state index in [1.165, 1.54) is 0 Å². The van der Waals surface area contributed by atoms with Crippen molar-refractivity contribution >= 4 is 34.0 Å². The van der Waals surface area contributed by atoms with Crippen LogP contribution in [0.15, 0.2) is 29.7 Å². The zero-order chi connectivity index (χ0) is 17.2. The van der Waals surface area contributed by atoms with E-state index in [1.54, 1.807) is 18.6 Å². The van der Waals surface area contributed by atoms with Crippen LogP contribution < -0.4 is 5.73 Å². The number of rotatable bonds is 6. The smallest absolute Gasteiger partial charge is 0.139 e. The molecule has 1 fully saturated rings. The Morgan fingerprint density at radius 2 is 2.40 bits per heavy atom. The SMILES string of the molecule is N#CCCCN=CC(=CN)n1c(C2CC2)nc2cnc3[nH]ccc3c21. The highest BCUT2D eigenvalue weighted by Gasteiger charge is 2.31. The summed E-state index contributed by atoms with van der Waals surface area (Å²) in [6, 6.07) is 4.14. The molecule has 0 saturated heterocycles. The molecule has 0 aliphatic heterocycles. The van der Waals surface area contributed by atoms with E-state index in [0.29, 0.717) is 18.9 Å². The van der Waals surface area contributed by atoms with Crippen molar-refractivity contribution in [3.05, 3.63) is 30.5 Å². The highest BCUT2D eigenvalue weighted by molar-refractivity contribution is 6.09. The van der Waals surface area contributed by atoms with Crippen LogP contribution in [0.5, 0.6) is 0 Å². The van der Waals surface area contributed by atoms with Crippen molar-refractivity contribution in [2.45, 2.75) is 31.6 Å². The Kier molecular flexibility index (Phi) is 3.94. The second-order valence-electron chi connectivity index (χ2n) is 6.20. The molecule has 0 amide bonds. The molecular formula is C18H19N7. The van der Waals surface area contributed by atoms with Gasteiger partial charge in [0.2, 0.25) is 0 Å². The van der Waals surface area contributed by atoms with Crippen LogP contribution in [-0.4, -0.2) is 32.3 Å². The first-order valence-electron chi connectivity index (χ1n) is 8.47. The van der Waals surface area contributed by atoms with E-state index in [0.717, 1.165) is 52.9 Å². The predicted molar refractivity (Wildman–Crippen MR) is 98.0 cm³/mol. The van der Waals surface area contributed by atoms with Crippen LogP contribution in [0.3, 0.4) is 0 Å². The fraction of sp³-hybridized carbons (Fsp3) is 0.333. The summed E-state index contributed by atoms with van der Waals surface area (Å²) in [5, 5.41) is 9.64. The molecule has 1 saturated carbocycles. The van der Waals surface area contributed by atoms with Crippen LogP contribution in [-0.2, 0) is 0 Å². The van der Waals surface area contributed by atoms with Gasteiger partial charge < -0.3 is 10.7 Å². The lowest BCUT2D eigenvalue weighted by atomic mass is 10.2. The molecule has 0 atom stereocenters. The lowest BCUT2D eigenvalue weighted by molar-refractivity contribution is 0.865. The third-order valence-electron chi connectivity index (χ3n) is 4.40. The van der Waals surface area contributed by atoms with E-state index < -0.39 is 0 Å². The Labute approximate surface area is 144 Å². The largest absolute Gasteiger partial charge is 0.403 e. The van der Waals surface area contributed by atoms with Gasteiger partial charge in [-0.3, -0.25) is 9.56 Å². The number of hydrogen-bond donors (Lipinski definition) is 2. The summed E-state index contributed by atoms with van der Waals surface area (Å²) in [4.78, 5) is 16.8. The van der Waals surface area contributed by atoms with Gasteiger partial charge in [0.15, 0.2) is 0 Å². The summed E-state index contributed by atoms with van der Waals surface area (Å²) in [6.07, 6.45) is 10.6. The van der Waals surface area contributed by atoms with Crippen LogP contribution in [0, 0.1) is 11.3 Å². The third-order valence-corrected chi connectivity index (χ3v) is 4.40. The number of aliphatic imine (C=N–C) groups is 1. The van der Waals surface area contributed by atoms with E-state index in [2.05, 4.69) is 25.6 Å². The van der Waals surface area contributed by atoms with Crippen LogP contribution in [0.25, 0.3) is 27.8 Å². The first kappa shape index (κ1) is 15.4. The highest BCUT2D eigenvalue weighted by Crippen LogP contribution is 2.42. The van der Waals surface area contributed by atoms with Gasteiger partial charge >= 0.3 is 0 Å². The van der Waals surface area contributed by atoms with Crippen molar-refractivity contribution in [1.82, 2.24) is 19.5 Å². The van der Waals surface area contributed by atoms with Gasteiger partial charge in [0.25, 0.3) is 0 Å². The molecule has 25 heavy (non-hydrogen) atoms. The fourth-order valence-corrected chi connectivity index (χ4v) is 3.05. The maximum Gasteiger partial charge on any atom is 0.139 e. The predicted octanol–water partition coefficient (Wildman–Crippen LogP) is 2.92. The van der Waals surface area contributed by atoms with Crippen LogP contribution >= 0.6 is 0 Å². The average molecular weight is 333 g/mol. The Morgan fingerprint density at radius 1 is 1.52 bits per heavy atom. The minimum absolute atomic E-state index is 0.461. The van der Waals surface area contributed by atoms with E-state index in [4.69, 9.17) is 16.0 Å². The number of aromatic amines is 1. The van der Waals surface area contributed by atoms with Gasteiger partial charge in [0, 0.05) is 42.9 Å². The number of allylic oxidation sites excluding steroid dienone is 1. The monoisotopic (exact) mass is 333 g/mol. The standard InChI is InChI=1S/C18H19N7/c19-6-1-2-7-21-10-13(9-20)25-16-14-5-8-22-17(14)23-11-15(16)24-18(25)12-3-4-12/h5,8-12H,1-4,7,20H2,(H,22,23). The number of nitriles is 1. The Bertz CT molecular complexity index is 1010. The molecule has 7 nitrogen and oxygen atoms in total. The third kappa shape index (κ3) is 2.76. The van der Waals surface area contributed by atoms with E-state index in [-0.39, 0.29) is 0 Å². The normalized spacial score (nSPS) is 15.4. The molecule has 4 rings (SSSR count). The number of nitrogens with zero attached hydrogens (tertiary/aromatic N) is 5. The summed E-state index contributed by atoms with van der Waals surface area (Å²) in [7, 11) is 0. The lowest BCUT2D eigenvalue weighted by Crippen LogP contribution is -2.06. The second kappa shape index (κ2) is 6.40. The van der Waals surface area contributed by atoms with E-state index >= 15 is 0 Å². The number of hydrogen-bond acceptors (Lipinski definition) is 5.